The highest BCUT2D eigenvalue weighted by Gasteiger charge is 2.52. The largest absolute Gasteiger partial charge is 0.463 e. The van der Waals surface area contributed by atoms with Gasteiger partial charge in [0, 0.05) is 126 Å². The van der Waals surface area contributed by atoms with Crippen LogP contribution in [0.5, 0.6) is 0 Å². The Bertz CT molecular complexity index is 3090. The monoisotopic (exact) mass is 1720 g/mol. The predicted molar refractivity (Wildman–Crippen MR) is 424 cm³/mol. The Morgan fingerprint density at radius 3 is 1.56 bits per heavy atom. The fraction of sp³-hybridized carbons (Fsp3) is 0.778. The van der Waals surface area contributed by atoms with Crippen LogP contribution in [-0.4, -0.2) is 303 Å². The minimum atomic E-state index is -1.28. The van der Waals surface area contributed by atoms with Gasteiger partial charge in [-0.25, -0.2) is 10.3 Å². The van der Waals surface area contributed by atoms with Crippen molar-refractivity contribution in [3.8, 4) is 0 Å². The quantitative estimate of drug-likeness (QED) is 0.0123. The molecule has 4 rings (SSSR count). The zero-order valence-corrected chi connectivity index (χ0v) is 71.0. The molecule has 2 heterocycles. The van der Waals surface area contributed by atoms with Crippen LogP contribution < -0.4 is 37.4 Å². The Labute approximate surface area is 703 Å². The van der Waals surface area contributed by atoms with E-state index in [0.717, 1.165) is 103 Å². The molecule has 1 saturated carbocycles. The predicted octanol–water partition coefficient (Wildman–Crippen LogP) is 3.41. The molecular weight excluding hydrogens is 1580 g/mol. The Hall–Kier alpha value is -7.74. The minimum absolute atomic E-state index is 0.0229. The van der Waals surface area contributed by atoms with Gasteiger partial charge in [-0.1, -0.05) is 75.3 Å². The number of alkyl carbamates (subject to hydrolysis) is 1. The molecule has 10 unspecified atom stereocenters. The van der Waals surface area contributed by atoms with Crippen LogP contribution in [0.3, 0.4) is 0 Å². The Balaban J connectivity index is 1.18. The summed E-state index contributed by atoms with van der Waals surface area (Å²) >= 11 is 0. The van der Waals surface area contributed by atoms with E-state index in [1.165, 1.54) is 34.6 Å². The van der Waals surface area contributed by atoms with Gasteiger partial charge in [-0.3, -0.25) is 47.9 Å². The summed E-state index contributed by atoms with van der Waals surface area (Å²) in [5, 5.41) is 16.9. The number of hydrogen-bond acceptors (Lipinski definition) is 33. The maximum atomic E-state index is 13.8. The summed E-state index contributed by atoms with van der Waals surface area (Å²) in [5.74, 6) is -5.52. The Morgan fingerprint density at radius 2 is 0.967 bits per heavy atom. The van der Waals surface area contributed by atoms with Crippen LogP contribution in [0.15, 0.2) is 30.3 Å². The molecule has 7 N–H and O–H groups in total. The number of benzene rings is 1. The van der Waals surface area contributed by atoms with Gasteiger partial charge in [-0.05, 0) is 37.7 Å². The lowest BCUT2D eigenvalue weighted by Crippen LogP contribution is -2.66. The van der Waals surface area contributed by atoms with E-state index in [0.29, 0.717) is 39.0 Å². The van der Waals surface area contributed by atoms with Gasteiger partial charge >= 0.3 is 35.9 Å². The van der Waals surface area contributed by atoms with Crippen molar-refractivity contribution < 1.29 is 152 Å². The van der Waals surface area contributed by atoms with Crippen LogP contribution in [-0.2, 0) is 154 Å². The van der Waals surface area contributed by atoms with E-state index < -0.39 is 108 Å². The summed E-state index contributed by atoms with van der Waals surface area (Å²) in [6.07, 6.45) is 5.40. The molecule has 6 amide bonds. The molecule has 10 atom stereocenters. The van der Waals surface area contributed by atoms with Gasteiger partial charge in [0.05, 0.1) is 125 Å². The van der Waals surface area contributed by atoms with Gasteiger partial charge in [0.15, 0.2) is 30.6 Å². The second kappa shape index (κ2) is 64.1. The second-order valence-electron chi connectivity index (χ2n) is 28.9. The SMILES string of the molecule is CC(=O)NC1C(OC(C)=O)CC(COC(C)=O)OC1OCCOCCOCCNOCCCOCC(COCCC=O)(COCCC(=O)NCCOCCOCCOC1OC(COC(C)=O)C(OC(C)=O)C(OC(C)=O)C1NC(C)=O)NC(=O)CCCCCCCCCCC(=O)NCCOC1(OCCNC(=O)OCc2ccccc2)CCCCC1. The number of carbonyl (C=O) groups excluding carboxylic acids is 12. The number of amides is 6. The van der Waals surface area contributed by atoms with Crippen LogP contribution >= 0.6 is 0 Å². The number of rotatable bonds is 68. The number of carbonyl (C=O) groups is 12. The van der Waals surface area contributed by atoms with E-state index in [2.05, 4.69) is 37.4 Å². The van der Waals surface area contributed by atoms with Crippen molar-refractivity contribution in [1.29, 1.82) is 0 Å². The summed E-state index contributed by atoms with van der Waals surface area (Å²) in [7, 11) is 0. The zero-order valence-electron chi connectivity index (χ0n) is 71.0. The van der Waals surface area contributed by atoms with E-state index >= 15 is 0 Å². The fourth-order valence-electron chi connectivity index (χ4n) is 12.9. The smallest absolute Gasteiger partial charge is 0.407 e. The highest BCUT2D eigenvalue weighted by molar-refractivity contribution is 5.78. The number of ether oxygens (including phenoxy) is 19. The van der Waals surface area contributed by atoms with Gasteiger partial charge < -0.3 is 132 Å². The highest BCUT2D eigenvalue weighted by atomic mass is 16.7. The lowest BCUT2D eigenvalue weighted by atomic mass is 9.94. The van der Waals surface area contributed by atoms with Gasteiger partial charge in [-0.2, -0.15) is 0 Å². The zero-order chi connectivity index (χ0) is 87.3. The van der Waals surface area contributed by atoms with E-state index in [1.54, 1.807) is 0 Å². The molecule has 1 aliphatic carbocycles. The van der Waals surface area contributed by atoms with Crippen LogP contribution in [0.25, 0.3) is 0 Å². The first kappa shape index (κ1) is 105. The molecule has 1 aromatic rings. The third-order valence-corrected chi connectivity index (χ3v) is 18.4. The van der Waals surface area contributed by atoms with Crippen LogP contribution in [0.1, 0.15) is 176 Å². The maximum absolute atomic E-state index is 13.8. The van der Waals surface area contributed by atoms with Gasteiger partial charge in [0.25, 0.3) is 0 Å². The molecule has 0 spiro atoms. The van der Waals surface area contributed by atoms with Gasteiger partial charge in [0.1, 0.15) is 55.9 Å². The first-order valence-corrected chi connectivity index (χ1v) is 41.7. The molecule has 39 heteroatoms. The number of esters is 5. The summed E-state index contributed by atoms with van der Waals surface area (Å²) < 4.78 is 109. The third kappa shape index (κ3) is 49.4. The number of aldehydes is 1. The molecule has 120 heavy (non-hydrogen) atoms. The fourth-order valence-corrected chi connectivity index (χ4v) is 12.9. The molecule has 0 radical (unpaired) electrons. The van der Waals surface area contributed by atoms with Crippen molar-refractivity contribution in [3.05, 3.63) is 35.9 Å². The Kier molecular flexibility index (Phi) is 55.9. The minimum Gasteiger partial charge on any atom is -0.463 e. The standard InChI is InChI=1S/C81H133N7O32/c1-59(90)86-73-68(116-63(5)94)52-67(54-110-61(3)92)119-77(73)108-50-48-104-47-45-102-41-34-85-115-38-23-37-106-57-80(56-105-36-22-35-89,58-107-39-28-71(98)82-31-40-101-44-46-103-49-51-109-78-74(87-60(2)91)76(118-65(7)96)75(117-64(6)95)69(120-78)55-111-62(4)93)88-72(99)27-19-13-11-9-8-10-12-18-26-70(97)83-32-42-113-81(29-20-15-21-30-81)114-43-33-84-79(100)112-53-66-24-16-14-17-25-66/h14,16-17,24-25,35,67-69,73-78,85H,8-13,15,18-23,26-34,36-58H2,1-7H3,(H,82,98)(H,83,97)(H,84,100)(H,86,90)(H,87,91)(H,88,99). The second-order valence-corrected chi connectivity index (χ2v) is 28.9. The first-order valence-electron chi connectivity index (χ1n) is 41.7. The summed E-state index contributed by atoms with van der Waals surface area (Å²) in [6.45, 7) is 11.4. The third-order valence-electron chi connectivity index (χ3n) is 18.4. The van der Waals surface area contributed by atoms with Crippen molar-refractivity contribution >= 4 is 71.8 Å². The average Bonchev–Trinajstić information content (AvgIpc) is 0.784. The van der Waals surface area contributed by atoms with E-state index in [1.807, 2.05) is 30.3 Å². The maximum Gasteiger partial charge on any atom is 0.407 e. The van der Waals surface area contributed by atoms with Gasteiger partial charge in [0.2, 0.25) is 29.5 Å². The topological polar surface area (TPSA) is 474 Å². The molecule has 39 nitrogen and oxygen atoms in total. The van der Waals surface area contributed by atoms with Crippen molar-refractivity contribution in [2.75, 3.05) is 165 Å². The molecule has 2 saturated heterocycles. The van der Waals surface area contributed by atoms with Gasteiger partial charge in [-0.15, -0.1) is 0 Å². The van der Waals surface area contributed by atoms with Crippen molar-refractivity contribution in [3.63, 3.8) is 0 Å². The molecule has 0 bridgehead atoms. The number of hydrogen-bond donors (Lipinski definition) is 7. The van der Waals surface area contributed by atoms with Crippen molar-refractivity contribution in [2.24, 2.45) is 0 Å². The molecule has 0 aromatic heterocycles. The number of unbranched alkanes of at least 4 members (excludes halogenated alkanes) is 7. The molecule has 3 fully saturated rings. The summed E-state index contributed by atoms with van der Waals surface area (Å²) in [5.41, 5.74) is 2.52. The van der Waals surface area contributed by atoms with Crippen molar-refractivity contribution in [2.45, 2.75) is 244 Å². The van der Waals surface area contributed by atoms with E-state index in [9.17, 15) is 57.5 Å². The number of hydroxylamine groups is 1. The first-order chi connectivity index (χ1) is 57.9. The average molecular weight is 1720 g/mol. The van der Waals surface area contributed by atoms with Crippen LogP contribution in [0, 0.1) is 0 Å². The number of nitrogens with one attached hydrogen (secondary N) is 7. The van der Waals surface area contributed by atoms with E-state index in [-0.39, 0.29) is 201 Å². The summed E-state index contributed by atoms with van der Waals surface area (Å²) in [4.78, 5) is 152. The van der Waals surface area contributed by atoms with Crippen LogP contribution in [0.4, 0.5) is 4.79 Å². The Morgan fingerprint density at radius 1 is 0.458 bits per heavy atom. The molecule has 3 aliphatic rings. The van der Waals surface area contributed by atoms with Crippen molar-refractivity contribution in [1.82, 2.24) is 37.4 Å². The lowest BCUT2D eigenvalue weighted by Gasteiger charge is -2.44. The van der Waals surface area contributed by atoms with E-state index in [4.69, 9.17) is 94.8 Å². The van der Waals surface area contributed by atoms with Crippen LogP contribution in [0.2, 0.25) is 0 Å². The highest BCUT2D eigenvalue weighted by Crippen LogP contribution is 2.33. The molecular formula is C81H133N7O32. The lowest BCUT2D eigenvalue weighted by molar-refractivity contribution is -0.279. The normalized spacial score (nSPS) is 19.9. The summed E-state index contributed by atoms with van der Waals surface area (Å²) in [6, 6.07) is 7.47. The molecule has 2 aliphatic heterocycles. The molecule has 684 valence electrons. The molecule has 1 aromatic carbocycles.